The molecule has 0 spiro atoms. The smallest absolute Gasteiger partial charge is 0.256 e. The largest absolute Gasteiger partial charge is 0.478 e. The molecule has 2 aromatic rings. The molecule has 0 saturated heterocycles. The summed E-state index contributed by atoms with van der Waals surface area (Å²) in [6.45, 7) is 5.03. The minimum absolute atomic E-state index is 0. The number of methoxy groups -OCH3 is 1. The molecule has 1 atom stereocenters. The van der Waals surface area contributed by atoms with Gasteiger partial charge < -0.3 is 10.1 Å². The van der Waals surface area contributed by atoms with E-state index < -0.39 is 0 Å². The number of nitrogens with zero attached hydrogens (tertiary/aromatic N) is 4. The van der Waals surface area contributed by atoms with E-state index in [2.05, 4.69) is 34.0 Å². The maximum absolute atomic E-state index is 5.22. The lowest BCUT2D eigenvalue weighted by Crippen LogP contribution is -2.12. The number of ether oxygens (including phenoxy) is 1. The van der Waals surface area contributed by atoms with Gasteiger partial charge in [0.1, 0.15) is 5.69 Å². The fourth-order valence-corrected chi connectivity index (χ4v) is 1.98. The fourth-order valence-electron chi connectivity index (χ4n) is 1.98. The Morgan fingerprint density at radius 3 is 2.85 bits per heavy atom. The van der Waals surface area contributed by atoms with Gasteiger partial charge in [-0.2, -0.15) is 5.10 Å². The zero-order valence-corrected chi connectivity index (χ0v) is 13.1. The lowest BCUT2D eigenvalue weighted by atomic mass is 10.2. The molecule has 6 nitrogen and oxygen atoms in total. The summed E-state index contributed by atoms with van der Waals surface area (Å²) in [5, 5.41) is 11.9. The van der Waals surface area contributed by atoms with Crippen molar-refractivity contribution in [2.75, 3.05) is 12.4 Å². The Morgan fingerprint density at radius 1 is 1.45 bits per heavy atom. The molecule has 0 aliphatic carbocycles. The monoisotopic (exact) mass is 299 g/mol. The summed E-state index contributed by atoms with van der Waals surface area (Å²) < 4.78 is 9.00. The fraction of sp³-hybridized carbons (Fsp3) is 0.538. The molecular formula is C13H22ClN5O. The number of aryl methyl sites for hydroxylation is 1. The maximum atomic E-state index is 5.22. The molecule has 2 rings (SSSR count). The van der Waals surface area contributed by atoms with Crippen LogP contribution in [-0.4, -0.2) is 26.7 Å². The van der Waals surface area contributed by atoms with Gasteiger partial charge in [-0.1, -0.05) is 6.92 Å². The first-order chi connectivity index (χ1) is 9.15. The van der Waals surface area contributed by atoms with Crippen LogP contribution in [0.4, 0.5) is 5.69 Å². The molecule has 0 aliphatic heterocycles. The van der Waals surface area contributed by atoms with Crippen molar-refractivity contribution in [1.82, 2.24) is 19.6 Å². The molecular weight excluding hydrogens is 278 g/mol. The molecule has 0 saturated carbocycles. The van der Waals surface area contributed by atoms with E-state index in [0.29, 0.717) is 18.5 Å². The zero-order chi connectivity index (χ0) is 13.8. The molecule has 0 bridgehead atoms. The van der Waals surface area contributed by atoms with Gasteiger partial charge in [0, 0.05) is 19.3 Å². The SMILES string of the molecule is CCC(C)n1nccc1CNc1cn(C)nc1OC.Cl. The van der Waals surface area contributed by atoms with Crippen molar-refractivity contribution < 1.29 is 4.74 Å². The molecule has 0 aromatic carbocycles. The highest BCUT2D eigenvalue weighted by atomic mass is 35.5. The highest BCUT2D eigenvalue weighted by molar-refractivity contribution is 5.85. The van der Waals surface area contributed by atoms with Gasteiger partial charge in [0.25, 0.3) is 5.88 Å². The lowest BCUT2D eigenvalue weighted by Gasteiger charge is -2.14. The Labute approximate surface area is 125 Å². The van der Waals surface area contributed by atoms with Gasteiger partial charge in [0.05, 0.1) is 25.5 Å². The Kier molecular flexibility index (Phi) is 5.88. The van der Waals surface area contributed by atoms with E-state index in [0.717, 1.165) is 17.8 Å². The van der Waals surface area contributed by atoms with Crippen molar-refractivity contribution in [3.05, 3.63) is 24.2 Å². The van der Waals surface area contributed by atoms with Gasteiger partial charge in [-0.05, 0) is 19.4 Å². The Hall–Kier alpha value is -1.69. The topological polar surface area (TPSA) is 56.9 Å². The Bertz CT molecular complexity index is 537. The zero-order valence-electron chi connectivity index (χ0n) is 12.3. The Morgan fingerprint density at radius 2 is 2.20 bits per heavy atom. The molecule has 0 aliphatic rings. The van der Waals surface area contributed by atoms with Gasteiger partial charge in [-0.25, -0.2) is 0 Å². The first kappa shape index (κ1) is 16.4. The van der Waals surface area contributed by atoms with Crippen LogP contribution in [0.2, 0.25) is 0 Å². The first-order valence-electron chi connectivity index (χ1n) is 6.49. The molecule has 20 heavy (non-hydrogen) atoms. The molecule has 0 fully saturated rings. The second-order valence-corrected chi connectivity index (χ2v) is 4.60. The normalized spacial score (nSPS) is 11.8. The van der Waals surface area contributed by atoms with Crippen LogP contribution in [0.3, 0.4) is 0 Å². The minimum Gasteiger partial charge on any atom is -0.478 e. The standard InChI is InChI=1S/C13H21N5O.ClH/c1-5-10(2)18-11(6-7-15-18)8-14-12-9-17(3)16-13(12)19-4;/h6-7,9-10,14H,5,8H2,1-4H3;1H. The molecule has 0 radical (unpaired) electrons. The first-order valence-corrected chi connectivity index (χ1v) is 6.49. The summed E-state index contributed by atoms with van der Waals surface area (Å²) in [5.41, 5.74) is 2.04. The van der Waals surface area contributed by atoms with Gasteiger partial charge >= 0.3 is 0 Å². The van der Waals surface area contributed by atoms with Crippen molar-refractivity contribution in [2.45, 2.75) is 32.9 Å². The number of nitrogens with one attached hydrogen (secondary N) is 1. The average molecular weight is 300 g/mol. The molecule has 2 heterocycles. The van der Waals surface area contributed by atoms with Gasteiger partial charge in [-0.3, -0.25) is 9.36 Å². The number of hydrogen-bond acceptors (Lipinski definition) is 4. The molecule has 1 unspecified atom stereocenters. The Balaban J connectivity index is 0.00000200. The molecule has 2 aromatic heterocycles. The number of hydrogen-bond donors (Lipinski definition) is 1. The van der Waals surface area contributed by atoms with Crippen LogP contribution in [0.1, 0.15) is 32.0 Å². The van der Waals surface area contributed by atoms with Crippen molar-refractivity contribution >= 4 is 18.1 Å². The quantitative estimate of drug-likeness (QED) is 0.891. The van der Waals surface area contributed by atoms with Crippen LogP contribution in [-0.2, 0) is 13.6 Å². The van der Waals surface area contributed by atoms with Crippen molar-refractivity contribution in [3.8, 4) is 5.88 Å². The number of aromatic nitrogens is 4. The number of halogens is 1. The summed E-state index contributed by atoms with van der Waals surface area (Å²) >= 11 is 0. The van der Waals surface area contributed by atoms with Crippen LogP contribution in [0.25, 0.3) is 0 Å². The maximum Gasteiger partial charge on any atom is 0.256 e. The highest BCUT2D eigenvalue weighted by Gasteiger charge is 2.11. The van der Waals surface area contributed by atoms with Crippen molar-refractivity contribution in [2.24, 2.45) is 7.05 Å². The third-order valence-corrected chi connectivity index (χ3v) is 3.21. The van der Waals surface area contributed by atoms with Gasteiger partial charge in [-0.15, -0.1) is 17.5 Å². The number of anilines is 1. The van der Waals surface area contributed by atoms with Gasteiger partial charge in [0.15, 0.2) is 0 Å². The number of rotatable bonds is 6. The predicted molar refractivity (Wildman–Crippen MR) is 81.6 cm³/mol. The minimum atomic E-state index is 0. The van der Waals surface area contributed by atoms with Crippen LogP contribution in [0.5, 0.6) is 5.88 Å². The average Bonchev–Trinajstić information content (AvgIpc) is 3.01. The highest BCUT2D eigenvalue weighted by Crippen LogP contribution is 2.22. The van der Waals surface area contributed by atoms with E-state index in [1.165, 1.54) is 0 Å². The second-order valence-electron chi connectivity index (χ2n) is 4.60. The predicted octanol–water partition coefficient (Wildman–Crippen LogP) is 2.63. The third kappa shape index (κ3) is 3.45. The molecule has 1 N–H and O–H groups in total. The van der Waals surface area contributed by atoms with E-state index >= 15 is 0 Å². The van der Waals surface area contributed by atoms with E-state index in [9.17, 15) is 0 Å². The van der Waals surface area contributed by atoms with Crippen LogP contribution in [0, 0.1) is 0 Å². The van der Waals surface area contributed by atoms with Gasteiger partial charge in [0.2, 0.25) is 0 Å². The van der Waals surface area contributed by atoms with E-state index in [-0.39, 0.29) is 12.4 Å². The summed E-state index contributed by atoms with van der Waals surface area (Å²) in [6, 6.07) is 2.43. The summed E-state index contributed by atoms with van der Waals surface area (Å²) in [7, 11) is 3.49. The summed E-state index contributed by atoms with van der Waals surface area (Å²) in [5.74, 6) is 0.608. The van der Waals surface area contributed by atoms with E-state index in [1.807, 2.05) is 25.5 Å². The lowest BCUT2D eigenvalue weighted by molar-refractivity contribution is 0.393. The van der Waals surface area contributed by atoms with Crippen molar-refractivity contribution in [1.29, 1.82) is 0 Å². The van der Waals surface area contributed by atoms with E-state index in [1.54, 1.807) is 11.8 Å². The summed E-state index contributed by atoms with van der Waals surface area (Å²) in [6.07, 6.45) is 4.80. The summed E-state index contributed by atoms with van der Waals surface area (Å²) in [4.78, 5) is 0. The third-order valence-electron chi connectivity index (χ3n) is 3.21. The van der Waals surface area contributed by atoms with Crippen LogP contribution in [0.15, 0.2) is 18.5 Å². The van der Waals surface area contributed by atoms with Crippen LogP contribution >= 0.6 is 12.4 Å². The molecule has 112 valence electrons. The van der Waals surface area contributed by atoms with E-state index in [4.69, 9.17) is 4.74 Å². The van der Waals surface area contributed by atoms with Crippen molar-refractivity contribution in [3.63, 3.8) is 0 Å². The second kappa shape index (κ2) is 7.19. The molecule has 7 heteroatoms. The molecule has 0 amide bonds. The van der Waals surface area contributed by atoms with Crippen LogP contribution < -0.4 is 10.1 Å².